The molecule has 2 aliphatic rings. The molecule has 2 N–H and O–H groups in total. The number of sulfonamides is 1. The standard InChI is InChI=1S/C20H21N3O5S/c24-19-13-28-18-9-8-16(11-17(18)22-19)29(26,27)23-10-4-5-14(12-23)20(25)21-15-6-2-1-3-7-15/h1-3,6-9,11,14H,4-5,10,12-13H2,(H,21,25)(H,22,24)/t14-/m1/s1. The molecule has 0 radical (unpaired) electrons. The maximum Gasteiger partial charge on any atom is 0.262 e. The predicted octanol–water partition coefficient (Wildman–Crippen LogP) is 2.06. The third-order valence-electron chi connectivity index (χ3n) is 5.02. The summed E-state index contributed by atoms with van der Waals surface area (Å²) >= 11 is 0. The fraction of sp³-hybridized carbons (Fsp3) is 0.300. The maximum atomic E-state index is 13.1. The molecule has 9 heteroatoms. The molecular formula is C20H21N3O5S. The van der Waals surface area contributed by atoms with Crippen LogP contribution in [0.4, 0.5) is 11.4 Å². The van der Waals surface area contributed by atoms with Gasteiger partial charge in [-0.25, -0.2) is 8.42 Å². The van der Waals surface area contributed by atoms with Crippen LogP contribution in [0.3, 0.4) is 0 Å². The van der Waals surface area contributed by atoms with E-state index >= 15 is 0 Å². The van der Waals surface area contributed by atoms with Crippen molar-refractivity contribution < 1.29 is 22.7 Å². The Hall–Kier alpha value is -2.91. The Labute approximate surface area is 168 Å². The molecule has 29 heavy (non-hydrogen) atoms. The van der Waals surface area contributed by atoms with Crippen LogP contribution >= 0.6 is 0 Å². The first kappa shape index (κ1) is 19.4. The molecule has 1 fully saturated rings. The highest BCUT2D eigenvalue weighted by molar-refractivity contribution is 7.89. The van der Waals surface area contributed by atoms with Gasteiger partial charge in [-0.2, -0.15) is 4.31 Å². The lowest BCUT2D eigenvalue weighted by atomic mass is 9.99. The lowest BCUT2D eigenvalue weighted by Gasteiger charge is -2.31. The molecule has 8 nitrogen and oxygen atoms in total. The summed E-state index contributed by atoms with van der Waals surface area (Å²) < 4.78 is 32.9. The van der Waals surface area contributed by atoms with Gasteiger partial charge in [-0.3, -0.25) is 9.59 Å². The van der Waals surface area contributed by atoms with Gasteiger partial charge < -0.3 is 15.4 Å². The third kappa shape index (κ3) is 4.10. The van der Waals surface area contributed by atoms with Crippen molar-refractivity contribution in [3.05, 3.63) is 48.5 Å². The zero-order chi connectivity index (χ0) is 20.4. The van der Waals surface area contributed by atoms with Gasteiger partial charge in [-0.15, -0.1) is 0 Å². The molecule has 2 heterocycles. The molecule has 0 aromatic heterocycles. The molecule has 1 saturated heterocycles. The lowest BCUT2D eigenvalue weighted by molar-refractivity contribution is -0.121. The minimum absolute atomic E-state index is 0.0613. The minimum atomic E-state index is -3.81. The number of hydrogen-bond acceptors (Lipinski definition) is 5. The molecule has 2 aliphatic heterocycles. The van der Waals surface area contributed by atoms with Gasteiger partial charge >= 0.3 is 0 Å². The predicted molar refractivity (Wildman–Crippen MR) is 107 cm³/mol. The molecule has 2 aromatic carbocycles. The number of nitrogens with zero attached hydrogens (tertiary/aromatic N) is 1. The van der Waals surface area contributed by atoms with E-state index in [1.165, 1.54) is 22.5 Å². The molecule has 0 bridgehead atoms. The average Bonchev–Trinajstić information content (AvgIpc) is 2.74. The summed E-state index contributed by atoms with van der Waals surface area (Å²) in [5, 5.41) is 5.46. The van der Waals surface area contributed by atoms with Gasteiger partial charge in [0, 0.05) is 18.8 Å². The quantitative estimate of drug-likeness (QED) is 0.795. The number of carbonyl (C=O) groups is 2. The number of fused-ring (bicyclic) bond motifs is 1. The van der Waals surface area contributed by atoms with E-state index in [0.29, 0.717) is 36.5 Å². The summed E-state index contributed by atoms with van der Waals surface area (Å²) in [4.78, 5) is 24.2. The molecule has 2 amide bonds. The zero-order valence-electron chi connectivity index (χ0n) is 15.6. The second-order valence-corrected chi connectivity index (χ2v) is 8.99. The number of rotatable bonds is 4. The molecule has 0 aliphatic carbocycles. The summed E-state index contributed by atoms with van der Waals surface area (Å²) in [6.45, 7) is 0.363. The normalized spacial score (nSPS) is 19.6. The number of hydrogen-bond donors (Lipinski definition) is 2. The van der Waals surface area contributed by atoms with Gasteiger partial charge in [0.2, 0.25) is 15.9 Å². The van der Waals surface area contributed by atoms with Crippen LogP contribution in [-0.4, -0.2) is 44.2 Å². The highest BCUT2D eigenvalue weighted by Crippen LogP contribution is 2.32. The van der Waals surface area contributed by atoms with Gasteiger partial charge in [0.25, 0.3) is 5.91 Å². The van der Waals surface area contributed by atoms with E-state index in [1.54, 1.807) is 12.1 Å². The van der Waals surface area contributed by atoms with Crippen LogP contribution in [0.15, 0.2) is 53.4 Å². The van der Waals surface area contributed by atoms with Gasteiger partial charge in [0.15, 0.2) is 6.61 Å². The molecule has 0 saturated carbocycles. The second-order valence-electron chi connectivity index (χ2n) is 7.05. The Morgan fingerprint density at radius 2 is 1.97 bits per heavy atom. The van der Waals surface area contributed by atoms with Crippen molar-refractivity contribution in [3.63, 3.8) is 0 Å². The first-order valence-corrected chi connectivity index (χ1v) is 10.8. The van der Waals surface area contributed by atoms with Crippen molar-refractivity contribution in [1.29, 1.82) is 0 Å². The van der Waals surface area contributed by atoms with Crippen LogP contribution < -0.4 is 15.4 Å². The van der Waals surface area contributed by atoms with E-state index in [-0.39, 0.29) is 29.9 Å². The van der Waals surface area contributed by atoms with Crippen molar-refractivity contribution >= 4 is 33.2 Å². The second kappa shape index (κ2) is 7.84. The van der Waals surface area contributed by atoms with Gasteiger partial charge in [-0.1, -0.05) is 18.2 Å². The Morgan fingerprint density at radius 1 is 1.17 bits per heavy atom. The molecule has 2 aromatic rings. The van der Waals surface area contributed by atoms with Gasteiger partial charge in [0.1, 0.15) is 5.75 Å². The van der Waals surface area contributed by atoms with Crippen molar-refractivity contribution in [3.8, 4) is 5.75 Å². The maximum absolute atomic E-state index is 13.1. The number of amides is 2. The van der Waals surface area contributed by atoms with E-state index in [4.69, 9.17) is 4.74 Å². The number of anilines is 2. The van der Waals surface area contributed by atoms with E-state index in [2.05, 4.69) is 10.6 Å². The largest absolute Gasteiger partial charge is 0.482 e. The molecule has 4 rings (SSSR count). The molecule has 0 spiro atoms. The van der Waals surface area contributed by atoms with E-state index < -0.39 is 15.9 Å². The number of piperidine rings is 1. The zero-order valence-corrected chi connectivity index (χ0v) is 16.4. The molecular weight excluding hydrogens is 394 g/mol. The van der Waals surface area contributed by atoms with Crippen molar-refractivity contribution in [2.24, 2.45) is 5.92 Å². The molecule has 152 valence electrons. The lowest BCUT2D eigenvalue weighted by Crippen LogP contribution is -2.43. The van der Waals surface area contributed by atoms with Crippen molar-refractivity contribution in [1.82, 2.24) is 4.31 Å². The minimum Gasteiger partial charge on any atom is -0.482 e. The average molecular weight is 415 g/mol. The van der Waals surface area contributed by atoms with E-state index in [9.17, 15) is 18.0 Å². The molecule has 1 atom stereocenters. The molecule has 0 unspecified atom stereocenters. The van der Waals surface area contributed by atoms with Crippen molar-refractivity contribution in [2.45, 2.75) is 17.7 Å². The van der Waals surface area contributed by atoms with E-state index in [1.807, 2.05) is 18.2 Å². The Morgan fingerprint density at radius 3 is 2.76 bits per heavy atom. The number of benzene rings is 2. The highest BCUT2D eigenvalue weighted by Gasteiger charge is 2.34. The summed E-state index contributed by atoms with van der Waals surface area (Å²) in [5.41, 5.74) is 1.01. The summed E-state index contributed by atoms with van der Waals surface area (Å²) in [7, 11) is -3.81. The number of ether oxygens (including phenoxy) is 1. The Kier molecular flexibility index (Phi) is 5.25. The highest BCUT2D eigenvalue weighted by atomic mass is 32.2. The summed E-state index contributed by atoms with van der Waals surface area (Å²) in [6.07, 6.45) is 1.22. The third-order valence-corrected chi connectivity index (χ3v) is 6.88. The number of nitrogens with one attached hydrogen (secondary N) is 2. The van der Waals surface area contributed by atoms with Crippen LogP contribution in [0.1, 0.15) is 12.8 Å². The fourth-order valence-corrected chi connectivity index (χ4v) is 5.06. The van der Waals surface area contributed by atoms with Crippen LogP contribution in [0.25, 0.3) is 0 Å². The first-order chi connectivity index (χ1) is 13.9. The monoisotopic (exact) mass is 415 g/mol. The van der Waals surface area contributed by atoms with Crippen LogP contribution in [0, 0.1) is 5.92 Å². The summed E-state index contributed by atoms with van der Waals surface area (Å²) in [5.74, 6) is -0.522. The van der Waals surface area contributed by atoms with Crippen molar-refractivity contribution in [2.75, 3.05) is 30.3 Å². The van der Waals surface area contributed by atoms with Crippen LogP contribution in [0.2, 0.25) is 0 Å². The number of para-hydroxylation sites is 1. The van der Waals surface area contributed by atoms with Gasteiger partial charge in [0.05, 0.1) is 16.5 Å². The van der Waals surface area contributed by atoms with Gasteiger partial charge in [-0.05, 0) is 43.2 Å². The topological polar surface area (TPSA) is 105 Å². The number of carbonyl (C=O) groups excluding carboxylic acids is 2. The summed E-state index contributed by atoms with van der Waals surface area (Å²) in [6, 6.07) is 13.5. The fourth-order valence-electron chi connectivity index (χ4n) is 3.51. The van der Waals surface area contributed by atoms with Crippen LogP contribution in [-0.2, 0) is 19.6 Å². The Balaban J connectivity index is 1.50. The first-order valence-electron chi connectivity index (χ1n) is 9.36. The smallest absolute Gasteiger partial charge is 0.262 e. The van der Waals surface area contributed by atoms with E-state index in [0.717, 1.165) is 0 Å². The van der Waals surface area contributed by atoms with Crippen LogP contribution in [0.5, 0.6) is 5.75 Å². The SMILES string of the molecule is O=C1COc2ccc(S(=O)(=O)N3CCC[C@@H](C(=O)Nc4ccccc4)C3)cc2N1. The Bertz CT molecular complexity index is 1040.